The van der Waals surface area contributed by atoms with Crippen LogP contribution in [-0.4, -0.2) is 17.8 Å². The number of aryl methyl sites for hydroxylation is 1. The van der Waals surface area contributed by atoms with E-state index in [0.29, 0.717) is 0 Å². The van der Waals surface area contributed by atoms with E-state index >= 15 is 0 Å². The van der Waals surface area contributed by atoms with Crippen molar-refractivity contribution in [3.8, 4) is 5.75 Å². The van der Waals surface area contributed by atoms with Gasteiger partial charge in [0.1, 0.15) is 5.75 Å². The van der Waals surface area contributed by atoms with Gasteiger partial charge in [-0.05, 0) is 42.4 Å². The van der Waals surface area contributed by atoms with Crippen LogP contribution in [0.25, 0.3) is 0 Å². The molecule has 3 rings (SSSR count). The Labute approximate surface area is 115 Å². The molecule has 1 N–H and O–H groups in total. The lowest BCUT2D eigenvalue weighted by atomic mass is 9.95. The number of aliphatic hydroxyl groups is 1. The monoisotopic (exact) mass is 260 g/mol. The summed E-state index contributed by atoms with van der Waals surface area (Å²) in [7, 11) is 0. The Morgan fingerprint density at radius 1 is 1.26 bits per heavy atom. The van der Waals surface area contributed by atoms with E-state index in [2.05, 4.69) is 18.2 Å². The van der Waals surface area contributed by atoms with Crippen LogP contribution in [0.4, 0.5) is 0 Å². The first-order valence-corrected chi connectivity index (χ1v) is 7.74. The fourth-order valence-electron chi connectivity index (χ4n) is 3.48. The molecule has 1 aliphatic carbocycles. The highest BCUT2D eigenvalue weighted by Gasteiger charge is 2.19. The van der Waals surface area contributed by atoms with Crippen LogP contribution < -0.4 is 4.74 Å². The molecule has 2 nitrogen and oxygen atoms in total. The van der Waals surface area contributed by atoms with E-state index in [-0.39, 0.29) is 6.10 Å². The summed E-state index contributed by atoms with van der Waals surface area (Å²) in [5, 5.41) is 10.1. The molecule has 0 amide bonds. The molecule has 1 heterocycles. The molecule has 104 valence electrons. The maximum Gasteiger partial charge on any atom is 0.122 e. The second-order valence-electron chi connectivity index (χ2n) is 6.12. The standard InChI is InChI=1S/C17H24O2/c18-16(12-13-3-1-2-4-13)7-5-14-6-8-17-15(11-14)9-10-19-17/h6,8,11,13,16,18H,1-5,7,9-10,12H2. The largest absolute Gasteiger partial charge is 0.493 e. The highest BCUT2D eigenvalue weighted by atomic mass is 16.5. The first-order valence-electron chi connectivity index (χ1n) is 7.74. The quantitative estimate of drug-likeness (QED) is 0.878. The second-order valence-corrected chi connectivity index (χ2v) is 6.12. The van der Waals surface area contributed by atoms with Gasteiger partial charge < -0.3 is 9.84 Å². The molecule has 1 atom stereocenters. The van der Waals surface area contributed by atoms with Gasteiger partial charge in [0.25, 0.3) is 0 Å². The third-order valence-electron chi connectivity index (χ3n) is 4.60. The van der Waals surface area contributed by atoms with Crippen LogP contribution >= 0.6 is 0 Å². The van der Waals surface area contributed by atoms with Crippen molar-refractivity contribution in [2.45, 2.75) is 57.5 Å². The Bertz CT molecular complexity index is 421. The average molecular weight is 260 g/mol. The Kier molecular flexibility index (Phi) is 4.07. The van der Waals surface area contributed by atoms with E-state index in [9.17, 15) is 5.11 Å². The lowest BCUT2D eigenvalue weighted by Crippen LogP contribution is -2.12. The smallest absolute Gasteiger partial charge is 0.122 e. The number of ether oxygens (including phenoxy) is 1. The summed E-state index contributed by atoms with van der Waals surface area (Å²) in [6.07, 6.45) is 9.19. The summed E-state index contributed by atoms with van der Waals surface area (Å²) in [4.78, 5) is 0. The van der Waals surface area contributed by atoms with Gasteiger partial charge in [-0.3, -0.25) is 0 Å². The van der Waals surface area contributed by atoms with Crippen LogP contribution in [0.3, 0.4) is 0 Å². The lowest BCUT2D eigenvalue weighted by molar-refractivity contribution is 0.134. The number of fused-ring (bicyclic) bond motifs is 1. The zero-order chi connectivity index (χ0) is 13.1. The topological polar surface area (TPSA) is 29.5 Å². The Balaban J connectivity index is 1.48. The van der Waals surface area contributed by atoms with Crippen molar-refractivity contribution in [3.63, 3.8) is 0 Å². The summed E-state index contributed by atoms with van der Waals surface area (Å²) in [5.41, 5.74) is 2.68. The predicted octanol–water partition coefficient (Wildman–Crippen LogP) is 3.50. The van der Waals surface area contributed by atoms with Crippen LogP contribution in [0.15, 0.2) is 18.2 Å². The maximum atomic E-state index is 10.1. The van der Waals surface area contributed by atoms with Crippen molar-refractivity contribution in [1.29, 1.82) is 0 Å². The summed E-state index contributed by atoms with van der Waals surface area (Å²) >= 11 is 0. The molecule has 1 saturated carbocycles. The van der Waals surface area contributed by atoms with Crippen LogP contribution in [0, 0.1) is 5.92 Å². The Morgan fingerprint density at radius 3 is 2.95 bits per heavy atom. The van der Waals surface area contributed by atoms with Gasteiger partial charge in [-0.2, -0.15) is 0 Å². The maximum absolute atomic E-state index is 10.1. The van der Waals surface area contributed by atoms with Crippen molar-refractivity contribution in [3.05, 3.63) is 29.3 Å². The number of rotatable bonds is 5. The third kappa shape index (κ3) is 3.30. The van der Waals surface area contributed by atoms with Gasteiger partial charge in [0.2, 0.25) is 0 Å². The van der Waals surface area contributed by atoms with Gasteiger partial charge in [0.15, 0.2) is 0 Å². The summed E-state index contributed by atoms with van der Waals surface area (Å²) in [6.45, 7) is 0.823. The molecule has 0 spiro atoms. The van der Waals surface area contributed by atoms with Crippen molar-refractivity contribution in [1.82, 2.24) is 0 Å². The van der Waals surface area contributed by atoms with Crippen LogP contribution in [0.1, 0.15) is 49.7 Å². The predicted molar refractivity (Wildman–Crippen MR) is 76.5 cm³/mol. The second kappa shape index (κ2) is 5.96. The third-order valence-corrected chi connectivity index (χ3v) is 4.60. The molecule has 2 heteroatoms. The van der Waals surface area contributed by atoms with Crippen LogP contribution in [-0.2, 0) is 12.8 Å². The average Bonchev–Trinajstić information content (AvgIpc) is 3.06. The van der Waals surface area contributed by atoms with Gasteiger partial charge in [-0.1, -0.05) is 37.8 Å². The van der Waals surface area contributed by atoms with Gasteiger partial charge in [-0.15, -0.1) is 0 Å². The molecule has 0 bridgehead atoms. The van der Waals surface area contributed by atoms with Crippen LogP contribution in [0.5, 0.6) is 5.75 Å². The highest BCUT2D eigenvalue weighted by Crippen LogP contribution is 2.30. The van der Waals surface area contributed by atoms with E-state index in [4.69, 9.17) is 4.74 Å². The molecule has 0 saturated heterocycles. The molecule has 1 aromatic rings. The fourth-order valence-corrected chi connectivity index (χ4v) is 3.48. The molecule has 19 heavy (non-hydrogen) atoms. The molecule has 1 unspecified atom stereocenters. The highest BCUT2D eigenvalue weighted by molar-refractivity contribution is 5.39. The van der Waals surface area contributed by atoms with E-state index in [0.717, 1.165) is 44.0 Å². The molecular formula is C17H24O2. The van der Waals surface area contributed by atoms with Gasteiger partial charge in [0, 0.05) is 6.42 Å². The summed E-state index contributed by atoms with van der Waals surface area (Å²) in [5.74, 6) is 1.83. The molecule has 2 aliphatic rings. The Morgan fingerprint density at radius 2 is 2.11 bits per heavy atom. The summed E-state index contributed by atoms with van der Waals surface area (Å²) < 4.78 is 5.52. The van der Waals surface area contributed by atoms with E-state index in [1.54, 1.807) is 0 Å². The molecule has 1 fully saturated rings. The molecule has 0 radical (unpaired) electrons. The van der Waals surface area contributed by atoms with Gasteiger partial charge in [-0.25, -0.2) is 0 Å². The van der Waals surface area contributed by atoms with Gasteiger partial charge >= 0.3 is 0 Å². The van der Waals surface area contributed by atoms with Crippen molar-refractivity contribution < 1.29 is 9.84 Å². The molecular weight excluding hydrogens is 236 g/mol. The number of benzene rings is 1. The van der Waals surface area contributed by atoms with E-state index < -0.39 is 0 Å². The summed E-state index contributed by atoms with van der Waals surface area (Å²) in [6, 6.07) is 6.48. The normalized spacial score (nSPS) is 20.3. The van der Waals surface area contributed by atoms with Crippen LogP contribution in [0.2, 0.25) is 0 Å². The molecule has 1 aromatic carbocycles. The number of hydrogen-bond donors (Lipinski definition) is 1. The number of hydrogen-bond acceptors (Lipinski definition) is 2. The van der Waals surface area contributed by atoms with Crippen molar-refractivity contribution in [2.24, 2.45) is 5.92 Å². The SMILES string of the molecule is OC(CCc1ccc2c(c1)CCO2)CC1CCCC1. The minimum absolute atomic E-state index is 0.118. The zero-order valence-electron chi connectivity index (χ0n) is 11.6. The van der Waals surface area contributed by atoms with E-state index in [1.165, 1.54) is 36.8 Å². The molecule has 0 aromatic heterocycles. The lowest BCUT2D eigenvalue weighted by Gasteiger charge is -2.15. The first kappa shape index (κ1) is 13.0. The minimum atomic E-state index is -0.118. The van der Waals surface area contributed by atoms with E-state index in [1.807, 2.05) is 0 Å². The first-order chi connectivity index (χ1) is 9.31. The van der Waals surface area contributed by atoms with Crippen molar-refractivity contribution >= 4 is 0 Å². The van der Waals surface area contributed by atoms with Gasteiger partial charge in [0.05, 0.1) is 12.7 Å². The minimum Gasteiger partial charge on any atom is -0.493 e. The number of aliphatic hydroxyl groups excluding tert-OH is 1. The van der Waals surface area contributed by atoms with Crippen molar-refractivity contribution in [2.75, 3.05) is 6.61 Å². The molecule has 1 aliphatic heterocycles. The fraction of sp³-hybridized carbons (Fsp3) is 0.647. The Hall–Kier alpha value is -1.02. The zero-order valence-corrected chi connectivity index (χ0v) is 11.6.